The van der Waals surface area contributed by atoms with Crippen molar-refractivity contribution >= 4 is 10.0 Å². The molecule has 1 aliphatic heterocycles. The van der Waals surface area contributed by atoms with Crippen molar-refractivity contribution in [2.24, 2.45) is 5.92 Å². The molecule has 1 heterocycles. The van der Waals surface area contributed by atoms with Crippen LogP contribution < -0.4 is 0 Å². The molecule has 0 spiro atoms. The van der Waals surface area contributed by atoms with E-state index in [-0.39, 0.29) is 11.3 Å². The predicted octanol–water partition coefficient (Wildman–Crippen LogP) is 1.45. The first-order valence-corrected chi connectivity index (χ1v) is 6.36. The zero-order chi connectivity index (χ0) is 10.2. The van der Waals surface area contributed by atoms with Gasteiger partial charge in [-0.05, 0) is 26.2 Å². The minimum atomic E-state index is -2.97. The third-order valence-electron chi connectivity index (χ3n) is 2.33. The topological polar surface area (TPSA) is 37.1 Å². The SMILES string of the molecule is CC(C)CC1C[N@]1S(=O)(=O)C(C)C. The van der Waals surface area contributed by atoms with Gasteiger partial charge in [-0.15, -0.1) is 0 Å². The Morgan fingerprint density at radius 2 is 1.85 bits per heavy atom. The van der Waals surface area contributed by atoms with Crippen LogP contribution in [-0.4, -0.2) is 30.6 Å². The van der Waals surface area contributed by atoms with E-state index in [1.165, 1.54) is 0 Å². The molecular weight excluding hydrogens is 186 g/mol. The normalized spacial score (nSPS) is 28.5. The monoisotopic (exact) mass is 205 g/mol. The largest absolute Gasteiger partial charge is 0.216 e. The lowest BCUT2D eigenvalue weighted by Gasteiger charge is -2.09. The fourth-order valence-electron chi connectivity index (χ4n) is 1.48. The molecule has 1 saturated heterocycles. The van der Waals surface area contributed by atoms with E-state index < -0.39 is 10.0 Å². The molecule has 1 rings (SSSR count). The van der Waals surface area contributed by atoms with Gasteiger partial charge >= 0.3 is 0 Å². The molecule has 1 unspecified atom stereocenters. The Labute approximate surface area is 81.2 Å². The molecule has 1 aliphatic rings. The third kappa shape index (κ3) is 2.44. The van der Waals surface area contributed by atoms with Gasteiger partial charge in [0.25, 0.3) is 0 Å². The summed E-state index contributed by atoms with van der Waals surface area (Å²) >= 11 is 0. The first kappa shape index (κ1) is 11.0. The molecule has 0 N–H and O–H groups in total. The molecule has 3 nitrogen and oxygen atoms in total. The van der Waals surface area contributed by atoms with Crippen LogP contribution in [0.5, 0.6) is 0 Å². The highest BCUT2D eigenvalue weighted by molar-refractivity contribution is 7.89. The Morgan fingerprint density at radius 3 is 2.23 bits per heavy atom. The lowest BCUT2D eigenvalue weighted by atomic mass is 10.1. The van der Waals surface area contributed by atoms with E-state index in [1.54, 1.807) is 18.2 Å². The van der Waals surface area contributed by atoms with Crippen molar-refractivity contribution in [3.8, 4) is 0 Å². The van der Waals surface area contributed by atoms with E-state index in [1.807, 2.05) is 0 Å². The van der Waals surface area contributed by atoms with Crippen LogP contribution in [0.25, 0.3) is 0 Å². The maximum absolute atomic E-state index is 11.6. The molecule has 13 heavy (non-hydrogen) atoms. The van der Waals surface area contributed by atoms with Crippen LogP contribution in [0, 0.1) is 5.92 Å². The average Bonchev–Trinajstić information content (AvgIpc) is 2.65. The van der Waals surface area contributed by atoms with Crippen LogP contribution in [0.15, 0.2) is 0 Å². The maximum atomic E-state index is 11.6. The van der Waals surface area contributed by atoms with Crippen molar-refractivity contribution < 1.29 is 8.42 Å². The van der Waals surface area contributed by atoms with E-state index in [0.29, 0.717) is 5.92 Å². The quantitative estimate of drug-likeness (QED) is 0.651. The van der Waals surface area contributed by atoms with Crippen LogP contribution in [0.1, 0.15) is 34.1 Å². The Kier molecular flexibility index (Phi) is 3.02. The van der Waals surface area contributed by atoms with E-state index in [2.05, 4.69) is 13.8 Å². The van der Waals surface area contributed by atoms with Crippen LogP contribution >= 0.6 is 0 Å². The zero-order valence-corrected chi connectivity index (χ0v) is 9.63. The molecule has 0 radical (unpaired) electrons. The average molecular weight is 205 g/mol. The Bertz CT molecular complexity index is 269. The Hall–Kier alpha value is -0.0900. The van der Waals surface area contributed by atoms with Gasteiger partial charge in [-0.2, -0.15) is 4.31 Å². The van der Waals surface area contributed by atoms with Gasteiger partial charge in [0.05, 0.1) is 5.25 Å². The zero-order valence-electron chi connectivity index (χ0n) is 8.82. The number of nitrogens with zero attached hydrogens (tertiary/aromatic N) is 1. The molecule has 2 atom stereocenters. The summed E-state index contributed by atoms with van der Waals surface area (Å²) in [4.78, 5) is 0. The van der Waals surface area contributed by atoms with Crippen molar-refractivity contribution in [1.29, 1.82) is 0 Å². The van der Waals surface area contributed by atoms with Gasteiger partial charge in [-0.1, -0.05) is 13.8 Å². The van der Waals surface area contributed by atoms with Crippen molar-refractivity contribution in [3.05, 3.63) is 0 Å². The van der Waals surface area contributed by atoms with Crippen molar-refractivity contribution in [1.82, 2.24) is 4.31 Å². The summed E-state index contributed by atoms with van der Waals surface area (Å²) in [7, 11) is -2.97. The lowest BCUT2D eigenvalue weighted by Crippen LogP contribution is -2.24. The Morgan fingerprint density at radius 1 is 1.31 bits per heavy atom. The smallest absolute Gasteiger partial charge is 0.212 e. The van der Waals surface area contributed by atoms with Crippen LogP contribution in [0.2, 0.25) is 0 Å². The molecule has 0 aromatic rings. The standard InChI is InChI=1S/C9H19NO2S/c1-7(2)5-9-6-10(9)13(11,12)8(3)4/h7-9H,5-6H2,1-4H3/t9?,10-/m0/s1. The Balaban J connectivity index is 2.52. The summed E-state index contributed by atoms with van der Waals surface area (Å²) in [6.07, 6.45) is 0.992. The second-order valence-corrected chi connectivity index (χ2v) is 6.89. The van der Waals surface area contributed by atoms with E-state index >= 15 is 0 Å². The highest BCUT2D eigenvalue weighted by Gasteiger charge is 2.44. The van der Waals surface area contributed by atoms with Gasteiger partial charge in [0, 0.05) is 12.6 Å². The summed E-state index contributed by atoms with van der Waals surface area (Å²) in [5, 5.41) is -0.273. The van der Waals surface area contributed by atoms with Crippen LogP contribution in [0.4, 0.5) is 0 Å². The molecule has 78 valence electrons. The molecule has 0 bridgehead atoms. The van der Waals surface area contributed by atoms with E-state index in [0.717, 1.165) is 13.0 Å². The molecule has 1 fully saturated rings. The number of sulfonamides is 1. The number of rotatable bonds is 4. The first-order valence-electron chi connectivity index (χ1n) is 4.86. The van der Waals surface area contributed by atoms with Gasteiger partial charge in [0.15, 0.2) is 0 Å². The fourth-order valence-corrected chi connectivity index (χ4v) is 2.90. The van der Waals surface area contributed by atoms with E-state index in [9.17, 15) is 8.42 Å². The van der Waals surface area contributed by atoms with Gasteiger partial charge in [0.2, 0.25) is 10.0 Å². The summed E-state index contributed by atoms with van der Waals surface area (Å²) in [5.41, 5.74) is 0. The molecular formula is C9H19NO2S. The van der Waals surface area contributed by atoms with E-state index in [4.69, 9.17) is 0 Å². The molecule has 0 aromatic carbocycles. The van der Waals surface area contributed by atoms with Gasteiger partial charge in [-0.3, -0.25) is 0 Å². The first-order chi connectivity index (χ1) is 5.85. The molecule has 0 saturated carbocycles. The summed E-state index contributed by atoms with van der Waals surface area (Å²) in [5.74, 6) is 0.581. The summed E-state index contributed by atoms with van der Waals surface area (Å²) < 4.78 is 24.8. The van der Waals surface area contributed by atoms with Crippen LogP contribution in [0.3, 0.4) is 0 Å². The van der Waals surface area contributed by atoms with Crippen LogP contribution in [-0.2, 0) is 10.0 Å². The second-order valence-electron chi connectivity index (χ2n) is 4.45. The van der Waals surface area contributed by atoms with Gasteiger partial charge < -0.3 is 0 Å². The van der Waals surface area contributed by atoms with Gasteiger partial charge in [0.1, 0.15) is 0 Å². The number of hydrogen-bond donors (Lipinski definition) is 0. The number of hydrogen-bond acceptors (Lipinski definition) is 2. The highest BCUT2D eigenvalue weighted by Crippen LogP contribution is 2.30. The minimum Gasteiger partial charge on any atom is -0.212 e. The molecule has 4 heteroatoms. The van der Waals surface area contributed by atoms with Crippen molar-refractivity contribution in [2.45, 2.75) is 45.4 Å². The maximum Gasteiger partial charge on any atom is 0.216 e. The fraction of sp³-hybridized carbons (Fsp3) is 1.00. The lowest BCUT2D eigenvalue weighted by molar-refractivity contribution is 0.510. The minimum absolute atomic E-state index is 0.273. The molecule has 0 amide bonds. The second kappa shape index (κ2) is 3.58. The third-order valence-corrected chi connectivity index (χ3v) is 4.62. The van der Waals surface area contributed by atoms with Crippen molar-refractivity contribution in [3.63, 3.8) is 0 Å². The van der Waals surface area contributed by atoms with Crippen molar-refractivity contribution in [2.75, 3.05) is 6.54 Å². The highest BCUT2D eigenvalue weighted by atomic mass is 32.2. The summed E-state index contributed by atoms with van der Waals surface area (Å²) in [6.45, 7) is 8.45. The molecule has 0 aromatic heterocycles. The predicted molar refractivity (Wildman–Crippen MR) is 54.0 cm³/mol. The molecule has 0 aliphatic carbocycles. The summed E-state index contributed by atoms with van der Waals surface area (Å²) in [6, 6.07) is 0.285. The van der Waals surface area contributed by atoms with Gasteiger partial charge in [-0.25, -0.2) is 8.42 Å².